The van der Waals surface area contributed by atoms with E-state index in [0.717, 1.165) is 12.8 Å². The third-order valence-electron chi connectivity index (χ3n) is 2.47. The highest BCUT2D eigenvalue weighted by atomic mass is 16.3. The maximum Gasteiger partial charge on any atom is 0.0980 e. The van der Waals surface area contributed by atoms with Gasteiger partial charge in [-0.25, -0.2) is 0 Å². The van der Waals surface area contributed by atoms with Gasteiger partial charge < -0.3 is 10.2 Å². The molecule has 2 heteroatoms. The first kappa shape index (κ1) is 8.75. The summed E-state index contributed by atoms with van der Waals surface area (Å²) in [6, 6.07) is 0. The topological polar surface area (TPSA) is 40.5 Å². The van der Waals surface area contributed by atoms with Gasteiger partial charge in [0.1, 0.15) is 0 Å². The zero-order valence-electron chi connectivity index (χ0n) is 6.74. The van der Waals surface area contributed by atoms with Gasteiger partial charge in [0, 0.05) is 0 Å². The van der Waals surface area contributed by atoms with Crippen molar-refractivity contribution >= 4 is 0 Å². The molecule has 11 heavy (non-hydrogen) atoms. The molecule has 0 aliphatic heterocycles. The summed E-state index contributed by atoms with van der Waals surface area (Å²) in [5.74, 6) is 0.294. The molecule has 2 atom stereocenters. The van der Waals surface area contributed by atoms with Gasteiger partial charge in [-0.05, 0) is 18.8 Å². The van der Waals surface area contributed by atoms with Crippen molar-refractivity contribution in [3.8, 4) is 0 Å². The molecule has 1 fully saturated rings. The van der Waals surface area contributed by atoms with Crippen LogP contribution in [-0.4, -0.2) is 22.4 Å². The summed E-state index contributed by atoms with van der Waals surface area (Å²) in [4.78, 5) is 0. The molecule has 0 aromatic rings. The maximum absolute atomic E-state index is 9.50. The maximum atomic E-state index is 9.50. The van der Waals surface area contributed by atoms with Crippen molar-refractivity contribution < 1.29 is 10.2 Å². The lowest BCUT2D eigenvalue weighted by Crippen LogP contribution is -2.30. The van der Waals surface area contributed by atoms with Crippen LogP contribution in [0.4, 0.5) is 0 Å². The van der Waals surface area contributed by atoms with Gasteiger partial charge in [-0.15, -0.1) is 6.58 Å². The summed E-state index contributed by atoms with van der Waals surface area (Å²) in [7, 11) is 0. The molecule has 1 rings (SSSR count). The smallest absolute Gasteiger partial charge is 0.0980 e. The first-order valence-electron chi connectivity index (χ1n) is 4.24. The molecule has 0 radical (unpaired) electrons. The molecule has 0 amide bonds. The van der Waals surface area contributed by atoms with E-state index in [1.54, 1.807) is 0 Å². The Morgan fingerprint density at radius 2 is 1.82 bits per heavy atom. The molecule has 0 heterocycles. The third-order valence-corrected chi connectivity index (χ3v) is 2.47. The molecular formula is C9H16O2. The molecule has 2 nitrogen and oxygen atoms in total. The van der Waals surface area contributed by atoms with Crippen LogP contribution in [0.1, 0.15) is 25.7 Å². The molecule has 1 aliphatic rings. The van der Waals surface area contributed by atoms with Gasteiger partial charge >= 0.3 is 0 Å². The van der Waals surface area contributed by atoms with Gasteiger partial charge in [-0.1, -0.05) is 18.9 Å². The van der Waals surface area contributed by atoms with Crippen molar-refractivity contribution in [3.63, 3.8) is 0 Å². The van der Waals surface area contributed by atoms with E-state index < -0.39 is 12.2 Å². The van der Waals surface area contributed by atoms with Crippen molar-refractivity contribution in [1.82, 2.24) is 0 Å². The van der Waals surface area contributed by atoms with Crippen LogP contribution in [0.25, 0.3) is 0 Å². The summed E-state index contributed by atoms with van der Waals surface area (Å²) in [6.07, 6.45) is 4.55. The number of hydrogen-bond acceptors (Lipinski definition) is 2. The average Bonchev–Trinajstić information content (AvgIpc) is 2.53. The van der Waals surface area contributed by atoms with Crippen molar-refractivity contribution in [2.75, 3.05) is 0 Å². The van der Waals surface area contributed by atoms with Crippen LogP contribution in [0.5, 0.6) is 0 Å². The Morgan fingerprint density at radius 1 is 1.27 bits per heavy atom. The van der Waals surface area contributed by atoms with Crippen LogP contribution >= 0.6 is 0 Å². The van der Waals surface area contributed by atoms with Gasteiger partial charge in [0.2, 0.25) is 0 Å². The van der Waals surface area contributed by atoms with Crippen molar-refractivity contribution in [2.24, 2.45) is 5.92 Å². The van der Waals surface area contributed by atoms with Crippen LogP contribution in [0.15, 0.2) is 12.7 Å². The lowest BCUT2D eigenvalue weighted by Gasteiger charge is -2.20. The standard InChI is InChI=1S/C9H16O2/c1-2-8(10)9(11)7-5-3-4-6-7/h2,7-11H,1,3-6H2/t8-,9+/m1/s1. The van der Waals surface area contributed by atoms with E-state index in [-0.39, 0.29) is 0 Å². The fourth-order valence-corrected chi connectivity index (χ4v) is 1.72. The van der Waals surface area contributed by atoms with Crippen molar-refractivity contribution in [1.29, 1.82) is 0 Å². The van der Waals surface area contributed by atoms with E-state index in [0.29, 0.717) is 5.92 Å². The van der Waals surface area contributed by atoms with E-state index in [2.05, 4.69) is 6.58 Å². The van der Waals surface area contributed by atoms with Gasteiger partial charge in [0.05, 0.1) is 12.2 Å². The Balaban J connectivity index is 2.38. The lowest BCUT2D eigenvalue weighted by atomic mass is 9.96. The Hall–Kier alpha value is -0.340. The second kappa shape index (κ2) is 3.88. The first-order chi connectivity index (χ1) is 5.25. The van der Waals surface area contributed by atoms with Crippen LogP contribution in [-0.2, 0) is 0 Å². The van der Waals surface area contributed by atoms with Gasteiger partial charge in [-0.3, -0.25) is 0 Å². The van der Waals surface area contributed by atoms with Crippen molar-refractivity contribution in [2.45, 2.75) is 37.9 Å². The molecular weight excluding hydrogens is 140 g/mol. The molecule has 1 aliphatic carbocycles. The minimum Gasteiger partial charge on any atom is -0.390 e. The van der Waals surface area contributed by atoms with E-state index in [1.165, 1.54) is 18.9 Å². The fourth-order valence-electron chi connectivity index (χ4n) is 1.72. The highest BCUT2D eigenvalue weighted by molar-refractivity contribution is 4.89. The molecule has 0 spiro atoms. The SMILES string of the molecule is C=C[C@@H](O)[C@@H](O)C1CCCC1. The number of aliphatic hydroxyl groups excluding tert-OH is 2. The Labute approximate surface area is 67.6 Å². The minimum atomic E-state index is -0.738. The predicted molar refractivity (Wildman–Crippen MR) is 44.2 cm³/mol. The van der Waals surface area contributed by atoms with Gasteiger partial charge in [0.25, 0.3) is 0 Å². The van der Waals surface area contributed by atoms with Crippen LogP contribution < -0.4 is 0 Å². The van der Waals surface area contributed by atoms with E-state index >= 15 is 0 Å². The monoisotopic (exact) mass is 156 g/mol. The lowest BCUT2D eigenvalue weighted by molar-refractivity contribution is 0.00986. The van der Waals surface area contributed by atoms with Crippen LogP contribution in [0.3, 0.4) is 0 Å². The quantitative estimate of drug-likeness (QED) is 0.600. The summed E-state index contributed by atoms with van der Waals surface area (Å²) < 4.78 is 0. The second-order valence-electron chi connectivity index (χ2n) is 3.26. The number of hydrogen-bond donors (Lipinski definition) is 2. The molecule has 64 valence electrons. The number of aliphatic hydroxyl groups is 2. The third kappa shape index (κ3) is 2.04. The largest absolute Gasteiger partial charge is 0.390 e. The number of rotatable bonds is 3. The highest BCUT2D eigenvalue weighted by Gasteiger charge is 2.26. The summed E-state index contributed by atoms with van der Waals surface area (Å²) in [5, 5.41) is 18.7. The Bertz CT molecular complexity index is 128. The zero-order valence-corrected chi connectivity index (χ0v) is 6.74. The molecule has 0 aromatic carbocycles. The summed E-state index contributed by atoms with van der Waals surface area (Å²) >= 11 is 0. The Morgan fingerprint density at radius 3 is 2.27 bits per heavy atom. The van der Waals surface area contributed by atoms with Crippen molar-refractivity contribution in [3.05, 3.63) is 12.7 Å². The zero-order chi connectivity index (χ0) is 8.27. The first-order valence-corrected chi connectivity index (χ1v) is 4.24. The minimum absolute atomic E-state index is 0.294. The molecule has 0 aromatic heterocycles. The highest BCUT2D eigenvalue weighted by Crippen LogP contribution is 2.28. The van der Waals surface area contributed by atoms with Gasteiger partial charge in [0.15, 0.2) is 0 Å². The second-order valence-corrected chi connectivity index (χ2v) is 3.26. The van der Waals surface area contributed by atoms with E-state index in [4.69, 9.17) is 0 Å². The molecule has 2 N–H and O–H groups in total. The normalized spacial score (nSPS) is 24.9. The molecule has 0 saturated heterocycles. The predicted octanol–water partition coefficient (Wildman–Crippen LogP) is 1.08. The van der Waals surface area contributed by atoms with E-state index in [1.807, 2.05) is 0 Å². The Kier molecular flexibility index (Phi) is 3.09. The molecule has 1 saturated carbocycles. The van der Waals surface area contributed by atoms with Gasteiger partial charge in [-0.2, -0.15) is 0 Å². The van der Waals surface area contributed by atoms with Crippen LogP contribution in [0, 0.1) is 5.92 Å². The van der Waals surface area contributed by atoms with E-state index in [9.17, 15) is 10.2 Å². The molecule has 0 unspecified atom stereocenters. The summed E-state index contributed by atoms with van der Waals surface area (Å²) in [5.41, 5.74) is 0. The average molecular weight is 156 g/mol. The van der Waals surface area contributed by atoms with Crippen LogP contribution in [0.2, 0.25) is 0 Å². The summed E-state index contributed by atoms with van der Waals surface area (Å²) in [6.45, 7) is 3.44. The fraction of sp³-hybridized carbons (Fsp3) is 0.778. The molecule has 0 bridgehead atoms.